The molecule has 2 N–H and O–H groups in total. The number of carbonyl (C=O) groups is 2. The van der Waals surface area contributed by atoms with Gasteiger partial charge < -0.3 is 15.2 Å². The number of hydrogen-bond donors (Lipinski definition) is 2. The third-order valence-corrected chi connectivity index (χ3v) is 2.97. The van der Waals surface area contributed by atoms with Crippen LogP contribution in [0.2, 0.25) is 0 Å². The van der Waals surface area contributed by atoms with Crippen molar-refractivity contribution in [2.75, 3.05) is 13.2 Å². The molecule has 2 rings (SSSR count). The molecule has 0 spiro atoms. The zero-order valence-electron chi connectivity index (χ0n) is 10.0. The van der Waals surface area contributed by atoms with Crippen LogP contribution in [0.15, 0.2) is 24.3 Å². The number of alkyl halides is 3. The summed E-state index contributed by atoms with van der Waals surface area (Å²) in [6.07, 6.45) is -5.01. The number of halogens is 3. The molecule has 0 bridgehead atoms. The van der Waals surface area contributed by atoms with Gasteiger partial charge in [-0.15, -0.1) is 0 Å². The molecule has 1 aromatic carbocycles. The van der Waals surface area contributed by atoms with E-state index in [1.807, 2.05) is 5.32 Å². The van der Waals surface area contributed by atoms with E-state index < -0.39 is 23.6 Å². The molecule has 1 amide bonds. The van der Waals surface area contributed by atoms with Gasteiger partial charge >= 0.3 is 18.1 Å². The van der Waals surface area contributed by atoms with Crippen molar-refractivity contribution < 1.29 is 32.6 Å². The van der Waals surface area contributed by atoms with Crippen LogP contribution in [-0.2, 0) is 15.1 Å². The van der Waals surface area contributed by atoms with E-state index in [0.717, 1.165) is 0 Å². The van der Waals surface area contributed by atoms with E-state index in [9.17, 15) is 22.8 Å². The lowest BCUT2D eigenvalue weighted by atomic mass is 9.87. The molecule has 5 nitrogen and oxygen atoms in total. The van der Waals surface area contributed by atoms with Crippen LogP contribution in [0.4, 0.5) is 13.2 Å². The molecule has 20 heavy (non-hydrogen) atoms. The van der Waals surface area contributed by atoms with E-state index in [2.05, 4.69) is 0 Å². The van der Waals surface area contributed by atoms with Gasteiger partial charge in [-0.3, -0.25) is 4.79 Å². The maximum atomic E-state index is 12.3. The van der Waals surface area contributed by atoms with E-state index >= 15 is 0 Å². The van der Waals surface area contributed by atoms with Crippen LogP contribution in [0.3, 0.4) is 0 Å². The Morgan fingerprint density at radius 1 is 1.30 bits per heavy atom. The maximum absolute atomic E-state index is 12.3. The molecule has 0 aliphatic carbocycles. The van der Waals surface area contributed by atoms with Gasteiger partial charge in [0.1, 0.15) is 5.54 Å². The van der Waals surface area contributed by atoms with Crippen molar-refractivity contribution in [3.63, 3.8) is 0 Å². The molecule has 1 saturated heterocycles. The number of carboxylic acids is 1. The predicted molar refractivity (Wildman–Crippen MR) is 60.1 cm³/mol. The summed E-state index contributed by atoms with van der Waals surface area (Å²) in [5, 5.41) is 10.7. The summed E-state index contributed by atoms with van der Waals surface area (Å²) in [4.78, 5) is 21.9. The second-order valence-electron chi connectivity index (χ2n) is 4.41. The summed E-state index contributed by atoms with van der Waals surface area (Å²) < 4.78 is 41.8. The molecule has 0 saturated carbocycles. The van der Waals surface area contributed by atoms with Crippen molar-refractivity contribution >= 4 is 11.9 Å². The van der Waals surface area contributed by atoms with E-state index in [-0.39, 0.29) is 24.3 Å². The minimum atomic E-state index is -5.01. The maximum Gasteiger partial charge on any atom is 0.471 e. The fourth-order valence-corrected chi connectivity index (χ4v) is 1.86. The molecule has 1 fully saturated rings. The highest BCUT2D eigenvalue weighted by Gasteiger charge is 2.48. The molecule has 0 radical (unpaired) electrons. The first-order chi connectivity index (χ1) is 9.24. The highest BCUT2D eigenvalue weighted by Crippen LogP contribution is 2.31. The minimum Gasteiger partial charge on any atom is -0.478 e. The highest BCUT2D eigenvalue weighted by molar-refractivity contribution is 5.88. The van der Waals surface area contributed by atoms with Crippen molar-refractivity contribution in [3.05, 3.63) is 35.4 Å². The van der Waals surface area contributed by atoms with Crippen molar-refractivity contribution in [1.29, 1.82) is 0 Å². The summed E-state index contributed by atoms with van der Waals surface area (Å²) in [6.45, 7) is -0.282. The van der Waals surface area contributed by atoms with Crippen LogP contribution in [0.5, 0.6) is 0 Å². The quantitative estimate of drug-likeness (QED) is 0.879. The van der Waals surface area contributed by atoms with Crippen molar-refractivity contribution in [2.24, 2.45) is 0 Å². The highest BCUT2D eigenvalue weighted by atomic mass is 19.4. The number of ether oxygens (including phenoxy) is 1. The summed E-state index contributed by atoms with van der Waals surface area (Å²) in [5.74, 6) is -3.29. The van der Waals surface area contributed by atoms with Gasteiger partial charge in [0.2, 0.25) is 0 Å². The number of nitrogens with one attached hydrogen (secondary N) is 1. The minimum absolute atomic E-state index is 0.0740. The molecular weight excluding hydrogens is 279 g/mol. The zero-order valence-corrected chi connectivity index (χ0v) is 10.0. The lowest BCUT2D eigenvalue weighted by Gasteiger charge is -2.42. The lowest BCUT2D eigenvalue weighted by molar-refractivity contribution is -0.182. The Morgan fingerprint density at radius 2 is 1.95 bits per heavy atom. The monoisotopic (exact) mass is 289 g/mol. The van der Waals surface area contributed by atoms with Crippen LogP contribution in [0.1, 0.15) is 15.9 Å². The summed E-state index contributed by atoms with van der Waals surface area (Å²) in [7, 11) is 0. The van der Waals surface area contributed by atoms with Crippen LogP contribution in [-0.4, -0.2) is 36.4 Å². The topological polar surface area (TPSA) is 75.6 Å². The summed E-state index contributed by atoms with van der Waals surface area (Å²) in [5.41, 5.74) is -1.14. The Hall–Kier alpha value is -2.09. The molecule has 1 heterocycles. The zero-order chi connectivity index (χ0) is 15.0. The van der Waals surface area contributed by atoms with Gasteiger partial charge in [0.25, 0.3) is 0 Å². The second-order valence-corrected chi connectivity index (χ2v) is 4.41. The van der Waals surface area contributed by atoms with Gasteiger partial charge in [-0.1, -0.05) is 12.1 Å². The first kappa shape index (κ1) is 14.3. The first-order valence-corrected chi connectivity index (χ1v) is 5.55. The molecule has 1 aromatic rings. The van der Waals surface area contributed by atoms with E-state index in [4.69, 9.17) is 9.84 Å². The molecule has 0 atom stereocenters. The number of aromatic carboxylic acids is 1. The predicted octanol–water partition coefficient (Wildman–Crippen LogP) is 1.29. The summed E-state index contributed by atoms with van der Waals surface area (Å²) in [6, 6.07) is 5.39. The average Bonchev–Trinajstić information content (AvgIpc) is 2.32. The van der Waals surface area contributed by atoms with Crippen LogP contribution < -0.4 is 5.32 Å². The molecule has 0 unspecified atom stereocenters. The van der Waals surface area contributed by atoms with Crippen molar-refractivity contribution in [1.82, 2.24) is 5.32 Å². The second kappa shape index (κ2) is 4.78. The Bertz CT molecular complexity index is 552. The Morgan fingerprint density at radius 3 is 2.40 bits per heavy atom. The fourth-order valence-electron chi connectivity index (χ4n) is 1.86. The smallest absolute Gasteiger partial charge is 0.471 e. The van der Waals surface area contributed by atoms with Gasteiger partial charge in [-0.05, 0) is 17.7 Å². The Balaban J connectivity index is 2.30. The Kier molecular flexibility index (Phi) is 3.43. The first-order valence-electron chi connectivity index (χ1n) is 5.55. The summed E-state index contributed by atoms with van der Waals surface area (Å²) >= 11 is 0. The normalized spacial score (nSPS) is 17.1. The molecule has 8 heteroatoms. The van der Waals surface area contributed by atoms with Gasteiger partial charge in [-0.2, -0.15) is 13.2 Å². The Labute approximate surface area is 111 Å². The number of benzene rings is 1. The number of hydrogen-bond acceptors (Lipinski definition) is 3. The lowest BCUT2D eigenvalue weighted by Crippen LogP contribution is -2.61. The third-order valence-electron chi connectivity index (χ3n) is 2.97. The molecule has 0 aromatic heterocycles. The molecule has 1 aliphatic heterocycles. The van der Waals surface area contributed by atoms with Gasteiger partial charge in [-0.25, -0.2) is 4.79 Å². The van der Waals surface area contributed by atoms with Gasteiger partial charge in [0.15, 0.2) is 0 Å². The number of carboxylic acid groups (broad SMARTS) is 1. The molecule has 1 aliphatic rings. The number of carbonyl (C=O) groups excluding carboxylic acids is 1. The van der Waals surface area contributed by atoms with Crippen LogP contribution >= 0.6 is 0 Å². The van der Waals surface area contributed by atoms with Gasteiger partial charge in [0.05, 0.1) is 18.8 Å². The van der Waals surface area contributed by atoms with E-state index in [0.29, 0.717) is 0 Å². The van der Waals surface area contributed by atoms with E-state index in [1.54, 1.807) is 0 Å². The largest absolute Gasteiger partial charge is 0.478 e. The van der Waals surface area contributed by atoms with Gasteiger partial charge in [0, 0.05) is 0 Å². The van der Waals surface area contributed by atoms with Crippen LogP contribution in [0.25, 0.3) is 0 Å². The standard InChI is InChI=1S/C12H10F3NO4/c13-12(14,15)10(19)16-11(5-20-6-11)8-3-1-2-7(4-8)9(17)18/h1-4H,5-6H2,(H,16,19)(H,17,18). The van der Waals surface area contributed by atoms with Crippen molar-refractivity contribution in [2.45, 2.75) is 11.7 Å². The van der Waals surface area contributed by atoms with Crippen LogP contribution in [0, 0.1) is 0 Å². The number of rotatable bonds is 3. The molecule has 108 valence electrons. The SMILES string of the molecule is O=C(O)c1cccc(C2(NC(=O)C(F)(F)F)COC2)c1. The third kappa shape index (κ3) is 2.60. The van der Waals surface area contributed by atoms with E-state index in [1.165, 1.54) is 24.3 Å². The average molecular weight is 289 g/mol. The van der Waals surface area contributed by atoms with Crippen molar-refractivity contribution in [3.8, 4) is 0 Å². The molecular formula is C12H10F3NO4. The number of amides is 1. The fraction of sp³-hybridized carbons (Fsp3) is 0.333.